The van der Waals surface area contributed by atoms with Gasteiger partial charge in [-0.25, -0.2) is 8.42 Å². The molecule has 1 saturated carbocycles. The molecule has 1 aliphatic heterocycles. The van der Waals surface area contributed by atoms with Crippen molar-refractivity contribution < 1.29 is 17.9 Å². The van der Waals surface area contributed by atoms with Crippen LogP contribution in [0.25, 0.3) is 10.2 Å². The normalized spacial score (nSPS) is 18.9. The Kier molecular flexibility index (Phi) is 6.29. The summed E-state index contributed by atoms with van der Waals surface area (Å²) in [4.78, 5) is 26.7. The molecule has 164 valence electrons. The molecular weight excluding hydrogens is 426 g/mol. The van der Waals surface area contributed by atoms with E-state index in [2.05, 4.69) is 0 Å². The molecule has 4 rings (SSSR count). The van der Waals surface area contributed by atoms with E-state index < -0.39 is 10.0 Å². The lowest BCUT2D eigenvalue weighted by molar-refractivity contribution is -0.135. The molecule has 0 radical (unpaired) electrons. The summed E-state index contributed by atoms with van der Waals surface area (Å²) in [6, 6.07) is 4.76. The van der Waals surface area contributed by atoms with Crippen LogP contribution in [0.4, 0.5) is 0 Å². The minimum atomic E-state index is -3.63. The lowest BCUT2D eigenvalue weighted by Crippen LogP contribution is -2.43. The Morgan fingerprint density at radius 1 is 1.20 bits per heavy atom. The van der Waals surface area contributed by atoms with Crippen LogP contribution in [0.2, 0.25) is 0 Å². The highest BCUT2D eigenvalue weighted by Crippen LogP contribution is 2.28. The molecule has 8 nitrogen and oxygen atoms in total. The van der Waals surface area contributed by atoms with E-state index in [1.165, 1.54) is 8.87 Å². The molecule has 1 aromatic carbocycles. The first kappa shape index (κ1) is 21.5. The second-order valence-electron chi connectivity index (χ2n) is 7.89. The second-order valence-corrected chi connectivity index (χ2v) is 10.9. The second kappa shape index (κ2) is 8.78. The zero-order chi connectivity index (χ0) is 21.3. The predicted octanol–water partition coefficient (Wildman–Crippen LogP) is 1.88. The van der Waals surface area contributed by atoms with Crippen molar-refractivity contribution in [3.63, 3.8) is 0 Å². The van der Waals surface area contributed by atoms with Crippen LogP contribution < -0.4 is 4.87 Å². The molecule has 30 heavy (non-hydrogen) atoms. The molecular formula is C20H27N3O5S2. The number of carbonyl (C=O) groups excluding carboxylic acids is 1. The Labute approximate surface area is 180 Å². The summed E-state index contributed by atoms with van der Waals surface area (Å²) in [5.41, 5.74) is 0.589. The molecule has 0 atom stereocenters. The number of morpholine rings is 1. The van der Waals surface area contributed by atoms with Crippen molar-refractivity contribution in [2.45, 2.75) is 49.6 Å². The van der Waals surface area contributed by atoms with Crippen molar-refractivity contribution in [3.8, 4) is 0 Å². The molecule has 2 aromatic rings. The van der Waals surface area contributed by atoms with E-state index in [0.29, 0.717) is 36.5 Å². The zero-order valence-electron chi connectivity index (χ0n) is 17.1. The number of nitrogens with zero attached hydrogens (tertiary/aromatic N) is 3. The molecule has 1 saturated heterocycles. The highest BCUT2D eigenvalue weighted by Gasteiger charge is 2.29. The monoisotopic (exact) mass is 453 g/mol. The Balaban J connectivity index is 1.59. The van der Waals surface area contributed by atoms with Crippen molar-refractivity contribution in [2.75, 3.05) is 33.4 Å². The number of amides is 1. The van der Waals surface area contributed by atoms with Crippen molar-refractivity contribution in [1.82, 2.24) is 13.8 Å². The van der Waals surface area contributed by atoms with Crippen molar-refractivity contribution >= 4 is 37.5 Å². The fourth-order valence-electron chi connectivity index (χ4n) is 4.21. The van der Waals surface area contributed by atoms with Crippen LogP contribution in [0.1, 0.15) is 32.1 Å². The van der Waals surface area contributed by atoms with Crippen LogP contribution in [0.5, 0.6) is 0 Å². The number of aromatic nitrogens is 1. The molecule has 0 N–H and O–H groups in total. The van der Waals surface area contributed by atoms with Gasteiger partial charge in [-0.3, -0.25) is 14.2 Å². The molecule has 0 bridgehead atoms. The molecule has 1 aliphatic carbocycles. The number of thiazole rings is 1. The van der Waals surface area contributed by atoms with Gasteiger partial charge in [0.25, 0.3) is 0 Å². The lowest BCUT2D eigenvalue weighted by Gasteiger charge is -2.30. The van der Waals surface area contributed by atoms with Crippen molar-refractivity contribution in [1.29, 1.82) is 0 Å². The van der Waals surface area contributed by atoms with Gasteiger partial charge in [-0.1, -0.05) is 30.6 Å². The topological polar surface area (TPSA) is 88.9 Å². The van der Waals surface area contributed by atoms with Crippen molar-refractivity contribution in [2.24, 2.45) is 0 Å². The summed E-state index contributed by atoms with van der Waals surface area (Å²) < 4.78 is 35.0. The molecule has 1 amide bonds. The summed E-state index contributed by atoms with van der Waals surface area (Å²) in [5.74, 6) is -0.131. The maximum absolute atomic E-state index is 13.1. The SMILES string of the molecule is CN(C1CCCCC1)S(=O)(=O)c1ccc2c(c1)sc(=O)n2CC(=O)N1CCOCC1. The first-order valence-electron chi connectivity index (χ1n) is 10.3. The first-order valence-corrected chi connectivity index (χ1v) is 12.6. The van der Waals surface area contributed by atoms with Crippen LogP contribution >= 0.6 is 11.3 Å². The van der Waals surface area contributed by atoms with Crippen LogP contribution in [0.3, 0.4) is 0 Å². The number of hydrogen-bond acceptors (Lipinski definition) is 6. The Bertz CT molecular complexity index is 1080. The third-order valence-corrected chi connectivity index (χ3v) is 8.91. The predicted molar refractivity (Wildman–Crippen MR) is 115 cm³/mol. The van der Waals surface area contributed by atoms with E-state index in [1.807, 2.05) is 0 Å². The molecule has 0 spiro atoms. The summed E-state index contributed by atoms with van der Waals surface area (Å²) in [6.45, 7) is 1.99. The van der Waals surface area contributed by atoms with Crippen LogP contribution in [0, 0.1) is 0 Å². The zero-order valence-corrected chi connectivity index (χ0v) is 18.7. The standard InChI is InChI=1S/C20H27N3O5S2/c1-21(15-5-3-2-4-6-15)30(26,27)16-7-8-17-18(13-16)29-20(25)23(17)14-19(24)22-9-11-28-12-10-22/h7-8,13,15H,2-6,9-12,14H2,1H3. The summed E-state index contributed by atoms with van der Waals surface area (Å²) in [5, 5.41) is 0. The van der Waals surface area contributed by atoms with Crippen LogP contribution in [-0.2, 0) is 26.1 Å². The van der Waals surface area contributed by atoms with Gasteiger partial charge in [0.2, 0.25) is 15.9 Å². The quantitative estimate of drug-likeness (QED) is 0.690. The van der Waals surface area contributed by atoms with Gasteiger partial charge in [-0.15, -0.1) is 0 Å². The molecule has 0 unspecified atom stereocenters. The minimum absolute atomic E-state index is 0.0222. The Hall–Kier alpha value is -1.75. The van der Waals surface area contributed by atoms with Gasteiger partial charge in [0.15, 0.2) is 0 Å². The highest BCUT2D eigenvalue weighted by molar-refractivity contribution is 7.89. The molecule has 1 aromatic heterocycles. The highest BCUT2D eigenvalue weighted by atomic mass is 32.2. The number of ether oxygens (including phenoxy) is 1. The third kappa shape index (κ3) is 4.18. The van der Waals surface area contributed by atoms with E-state index in [9.17, 15) is 18.0 Å². The molecule has 2 aliphatic rings. The van der Waals surface area contributed by atoms with Gasteiger partial charge in [-0.05, 0) is 31.0 Å². The summed E-state index contributed by atoms with van der Waals surface area (Å²) in [6.07, 6.45) is 5.01. The number of fused-ring (bicyclic) bond motifs is 1. The lowest BCUT2D eigenvalue weighted by atomic mass is 9.96. The smallest absolute Gasteiger partial charge is 0.308 e. The van der Waals surface area contributed by atoms with Crippen LogP contribution in [0.15, 0.2) is 27.9 Å². The van der Waals surface area contributed by atoms with Gasteiger partial charge in [-0.2, -0.15) is 4.31 Å². The van der Waals surface area contributed by atoms with E-state index >= 15 is 0 Å². The van der Waals surface area contributed by atoms with E-state index in [-0.39, 0.29) is 28.3 Å². The van der Waals surface area contributed by atoms with Crippen LogP contribution in [-0.4, -0.2) is 67.5 Å². The maximum atomic E-state index is 13.1. The minimum Gasteiger partial charge on any atom is -0.378 e. The number of benzene rings is 1. The Morgan fingerprint density at radius 2 is 1.90 bits per heavy atom. The van der Waals surface area contributed by atoms with Gasteiger partial charge in [0.05, 0.1) is 28.3 Å². The fourth-order valence-corrected chi connectivity index (χ4v) is 6.66. The number of rotatable bonds is 5. The average molecular weight is 454 g/mol. The van der Waals surface area contributed by atoms with Gasteiger partial charge in [0, 0.05) is 26.2 Å². The summed E-state index contributed by atoms with van der Waals surface area (Å²) >= 11 is 0.974. The number of carbonyl (C=O) groups is 1. The Morgan fingerprint density at radius 3 is 2.60 bits per heavy atom. The number of sulfonamides is 1. The van der Waals surface area contributed by atoms with E-state index in [0.717, 1.165) is 43.4 Å². The molecule has 2 heterocycles. The third-order valence-electron chi connectivity index (χ3n) is 6.06. The summed E-state index contributed by atoms with van der Waals surface area (Å²) in [7, 11) is -1.99. The molecule has 10 heteroatoms. The average Bonchev–Trinajstić information content (AvgIpc) is 3.08. The van der Waals surface area contributed by atoms with Gasteiger partial charge < -0.3 is 9.64 Å². The van der Waals surface area contributed by atoms with E-state index in [1.54, 1.807) is 30.1 Å². The molecule has 2 fully saturated rings. The maximum Gasteiger partial charge on any atom is 0.308 e. The number of hydrogen-bond donors (Lipinski definition) is 0. The fraction of sp³-hybridized carbons (Fsp3) is 0.600. The van der Waals surface area contributed by atoms with Crippen molar-refractivity contribution in [3.05, 3.63) is 27.9 Å². The largest absolute Gasteiger partial charge is 0.378 e. The van der Waals surface area contributed by atoms with E-state index in [4.69, 9.17) is 4.74 Å². The van der Waals surface area contributed by atoms with Gasteiger partial charge >= 0.3 is 4.87 Å². The first-order chi connectivity index (χ1) is 14.4. The van der Waals surface area contributed by atoms with Gasteiger partial charge in [0.1, 0.15) is 6.54 Å².